The Bertz CT molecular complexity index is 391. The Morgan fingerprint density at radius 3 is 2.69 bits per heavy atom. The molecule has 0 unspecified atom stereocenters. The standard InChI is InChI=1S/C12H17ClN2O/c1-8(2)7-15(3)12(16)10-6-9(13)4-5-11(10)14/h4-6,8H,7,14H2,1-3H3. The van der Waals surface area contributed by atoms with Crippen LogP contribution in [0.4, 0.5) is 5.69 Å². The smallest absolute Gasteiger partial charge is 0.255 e. The predicted molar refractivity (Wildman–Crippen MR) is 67.7 cm³/mol. The normalized spacial score (nSPS) is 10.6. The van der Waals surface area contributed by atoms with Gasteiger partial charge in [-0.3, -0.25) is 4.79 Å². The van der Waals surface area contributed by atoms with Crippen LogP contribution in [0.3, 0.4) is 0 Å². The van der Waals surface area contributed by atoms with Crippen molar-refractivity contribution in [2.75, 3.05) is 19.3 Å². The molecule has 4 heteroatoms. The van der Waals surface area contributed by atoms with Crippen molar-refractivity contribution in [1.29, 1.82) is 0 Å². The Morgan fingerprint density at radius 2 is 2.12 bits per heavy atom. The van der Waals surface area contributed by atoms with E-state index in [1.165, 1.54) is 0 Å². The van der Waals surface area contributed by atoms with Crippen LogP contribution in [-0.2, 0) is 0 Å². The highest BCUT2D eigenvalue weighted by Gasteiger charge is 2.15. The van der Waals surface area contributed by atoms with Crippen LogP contribution >= 0.6 is 11.6 Å². The number of nitrogens with two attached hydrogens (primary N) is 1. The first kappa shape index (κ1) is 12.8. The molecule has 1 aromatic carbocycles. The number of anilines is 1. The minimum Gasteiger partial charge on any atom is -0.398 e. The summed E-state index contributed by atoms with van der Waals surface area (Å²) in [7, 11) is 1.77. The van der Waals surface area contributed by atoms with Gasteiger partial charge in [0.1, 0.15) is 0 Å². The van der Waals surface area contributed by atoms with Crippen molar-refractivity contribution in [1.82, 2.24) is 4.90 Å². The van der Waals surface area contributed by atoms with E-state index in [1.807, 2.05) is 0 Å². The van der Waals surface area contributed by atoms with Crippen molar-refractivity contribution in [3.8, 4) is 0 Å². The number of carbonyl (C=O) groups excluding carboxylic acids is 1. The van der Waals surface area contributed by atoms with Crippen molar-refractivity contribution >= 4 is 23.2 Å². The zero-order valence-electron chi connectivity index (χ0n) is 9.83. The van der Waals surface area contributed by atoms with Crippen molar-refractivity contribution in [2.45, 2.75) is 13.8 Å². The van der Waals surface area contributed by atoms with E-state index in [4.69, 9.17) is 17.3 Å². The van der Waals surface area contributed by atoms with Crippen LogP contribution < -0.4 is 5.73 Å². The van der Waals surface area contributed by atoms with E-state index >= 15 is 0 Å². The van der Waals surface area contributed by atoms with Gasteiger partial charge in [0.05, 0.1) is 5.56 Å². The Morgan fingerprint density at radius 1 is 1.50 bits per heavy atom. The number of hydrogen-bond donors (Lipinski definition) is 1. The maximum atomic E-state index is 12.0. The fraction of sp³-hybridized carbons (Fsp3) is 0.417. The maximum absolute atomic E-state index is 12.0. The number of hydrogen-bond acceptors (Lipinski definition) is 2. The lowest BCUT2D eigenvalue weighted by molar-refractivity contribution is 0.0780. The molecule has 0 spiro atoms. The van der Waals surface area contributed by atoms with Gasteiger partial charge >= 0.3 is 0 Å². The molecule has 1 aromatic rings. The van der Waals surface area contributed by atoms with Gasteiger partial charge in [-0.05, 0) is 24.1 Å². The lowest BCUT2D eigenvalue weighted by Gasteiger charge is -2.20. The Kier molecular flexibility index (Phi) is 4.19. The summed E-state index contributed by atoms with van der Waals surface area (Å²) in [5, 5.41) is 0.524. The molecule has 0 aliphatic carbocycles. The third-order valence-electron chi connectivity index (χ3n) is 2.23. The lowest BCUT2D eigenvalue weighted by atomic mass is 10.1. The second-order valence-corrected chi connectivity index (χ2v) is 4.75. The molecule has 2 N–H and O–H groups in total. The predicted octanol–water partition coefficient (Wildman–Crippen LogP) is 2.65. The molecule has 0 saturated heterocycles. The molecule has 0 aliphatic rings. The van der Waals surface area contributed by atoms with Gasteiger partial charge in [-0.1, -0.05) is 25.4 Å². The second-order valence-electron chi connectivity index (χ2n) is 4.31. The Hall–Kier alpha value is -1.22. The van der Waals surface area contributed by atoms with E-state index in [0.29, 0.717) is 28.7 Å². The number of rotatable bonds is 3. The maximum Gasteiger partial charge on any atom is 0.255 e. The van der Waals surface area contributed by atoms with E-state index in [0.717, 1.165) is 0 Å². The van der Waals surface area contributed by atoms with Gasteiger partial charge in [0.25, 0.3) is 5.91 Å². The van der Waals surface area contributed by atoms with E-state index in [1.54, 1.807) is 30.1 Å². The third-order valence-corrected chi connectivity index (χ3v) is 2.47. The monoisotopic (exact) mass is 240 g/mol. The van der Waals surface area contributed by atoms with Crippen LogP contribution in [0, 0.1) is 5.92 Å². The van der Waals surface area contributed by atoms with Gasteiger partial charge < -0.3 is 10.6 Å². The highest BCUT2D eigenvalue weighted by Crippen LogP contribution is 2.19. The molecule has 16 heavy (non-hydrogen) atoms. The summed E-state index contributed by atoms with van der Waals surface area (Å²) < 4.78 is 0. The van der Waals surface area contributed by atoms with Crippen molar-refractivity contribution in [2.24, 2.45) is 5.92 Å². The summed E-state index contributed by atoms with van der Waals surface area (Å²) >= 11 is 5.85. The highest BCUT2D eigenvalue weighted by molar-refractivity contribution is 6.31. The van der Waals surface area contributed by atoms with Gasteiger partial charge in [0, 0.05) is 24.3 Å². The van der Waals surface area contributed by atoms with Gasteiger partial charge in [-0.25, -0.2) is 0 Å². The van der Waals surface area contributed by atoms with Gasteiger partial charge in [0.2, 0.25) is 0 Å². The molecule has 0 aromatic heterocycles. The number of amides is 1. The average molecular weight is 241 g/mol. The fourth-order valence-electron chi connectivity index (χ4n) is 1.55. The van der Waals surface area contributed by atoms with Crippen molar-refractivity contribution in [3.05, 3.63) is 28.8 Å². The quantitative estimate of drug-likeness (QED) is 0.826. The number of benzene rings is 1. The number of nitrogens with zero attached hydrogens (tertiary/aromatic N) is 1. The van der Waals surface area contributed by atoms with Gasteiger partial charge in [0.15, 0.2) is 0 Å². The van der Waals surface area contributed by atoms with Gasteiger partial charge in [-0.15, -0.1) is 0 Å². The first-order valence-electron chi connectivity index (χ1n) is 5.22. The SMILES string of the molecule is CC(C)CN(C)C(=O)c1cc(Cl)ccc1N. The number of halogens is 1. The molecule has 0 saturated carbocycles. The summed E-state index contributed by atoms with van der Waals surface area (Å²) in [5.41, 5.74) is 6.68. The van der Waals surface area contributed by atoms with E-state index in [9.17, 15) is 4.79 Å². The largest absolute Gasteiger partial charge is 0.398 e. The van der Waals surface area contributed by atoms with E-state index in [2.05, 4.69) is 13.8 Å². The van der Waals surface area contributed by atoms with Crippen LogP contribution in [0.15, 0.2) is 18.2 Å². The summed E-state index contributed by atoms with van der Waals surface area (Å²) in [4.78, 5) is 13.7. The third kappa shape index (κ3) is 3.14. The first-order valence-corrected chi connectivity index (χ1v) is 5.60. The van der Waals surface area contributed by atoms with Crippen LogP contribution in [0.2, 0.25) is 5.02 Å². The fourth-order valence-corrected chi connectivity index (χ4v) is 1.72. The molecule has 1 amide bonds. The molecule has 88 valence electrons. The van der Waals surface area contributed by atoms with E-state index < -0.39 is 0 Å². The minimum atomic E-state index is -0.0892. The molecule has 0 aliphatic heterocycles. The average Bonchev–Trinajstić information content (AvgIpc) is 2.19. The van der Waals surface area contributed by atoms with E-state index in [-0.39, 0.29) is 5.91 Å². The van der Waals surface area contributed by atoms with Gasteiger partial charge in [-0.2, -0.15) is 0 Å². The topological polar surface area (TPSA) is 46.3 Å². The zero-order chi connectivity index (χ0) is 12.3. The van der Waals surface area contributed by atoms with Crippen molar-refractivity contribution in [3.63, 3.8) is 0 Å². The Labute approximate surface area is 101 Å². The van der Waals surface area contributed by atoms with Crippen LogP contribution in [-0.4, -0.2) is 24.4 Å². The minimum absolute atomic E-state index is 0.0892. The van der Waals surface area contributed by atoms with Crippen LogP contribution in [0.25, 0.3) is 0 Å². The first-order chi connectivity index (χ1) is 7.41. The zero-order valence-corrected chi connectivity index (χ0v) is 10.6. The molecule has 0 fully saturated rings. The molecular weight excluding hydrogens is 224 g/mol. The molecule has 3 nitrogen and oxygen atoms in total. The highest BCUT2D eigenvalue weighted by atomic mass is 35.5. The number of carbonyl (C=O) groups is 1. The molecular formula is C12H17ClN2O. The summed E-state index contributed by atoms with van der Waals surface area (Å²) in [6.45, 7) is 4.82. The van der Waals surface area contributed by atoms with Crippen molar-refractivity contribution < 1.29 is 4.79 Å². The van der Waals surface area contributed by atoms with Crippen LogP contribution in [0.5, 0.6) is 0 Å². The second kappa shape index (κ2) is 5.21. The Balaban J connectivity index is 2.91. The molecule has 0 atom stereocenters. The lowest BCUT2D eigenvalue weighted by Crippen LogP contribution is -2.30. The molecule has 1 rings (SSSR count). The molecule has 0 radical (unpaired) electrons. The summed E-state index contributed by atoms with van der Waals surface area (Å²) in [6.07, 6.45) is 0. The summed E-state index contributed by atoms with van der Waals surface area (Å²) in [6, 6.07) is 4.94. The molecule has 0 bridgehead atoms. The number of nitrogen functional groups attached to an aromatic ring is 1. The summed E-state index contributed by atoms with van der Waals surface area (Å²) in [5.74, 6) is 0.336. The molecule has 0 heterocycles. The van der Waals surface area contributed by atoms with Crippen LogP contribution in [0.1, 0.15) is 24.2 Å².